The van der Waals surface area contributed by atoms with Crippen LogP contribution in [0.3, 0.4) is 0 Å². The van der Waals surface area contributed by atoms with Crippen molar-refractivity contribution in [3.63, 3.8) is 0 Å². The molecular weight excluding hydrogens is 360 g/mol. The molecule has 26 heavy (non-hydrogen) atoms. The van der Waals surface area contributed by atoms with Crippen LogP contribution in [-0.2, 0) is 0 Å². The average molecular weight is 376 g/mol. The lowest BCUT2D eigenvalue weighted by Crippen LogP contribution is -2.42. The molecule has 1 aromatic heterocycles. The van der Waals surface area contributed by atoms with Gasteiger partial charge in [0.25, 0.3) is 11.8 Å². The van der Waals surface area contributed by atoms with Crippen molar-refractivity contribution in [2.24, 2.45) is 0 Å². The van der Waals surface area contributed by atoms with Gasteiger partial charge in [-0.1, -0.05) is 17.7 Å². The maximum Gasteiger partial charge on any atom is 0.253 e. The van der Waals surface area contributed by atoms with Crippen LogP contribution in [0.15, 0.2) is 48.8 Å². The van der Waals surface area contributed by atoms with Crippen molar-refractivity contribution in [3.05, 3.63) is 59.4 Å². The number of amides is 1. The van der Waals surface area contributed by atoms with Gasteiger partial charge < -0.3 is 4.90 Å². The molecule has 0 bridgehead atoms. The van der Waals surface area contributed by atoms with E-state index in [0.717, 1.165) is 11.2 Å². The number of piperidine rings is 1. The average Bonchev–Trinajstić information content (AvgIpc) is 3.04. The summed E-state index contributed by atoms with van der Waals surface area (Å²) in [7, 11) is 0. The lowest BCUT2D eigenvalue weighted by atomic mass is 10.1. The number of nitrogens with zero attached hydrogens (tertiary/aromatic N) is 3. The molecule has 0 spiro atoms. The number of hydrogen-bond acceptors (Lipinski definition) is 2. The second kappa shape index (κ2) is 6.36. The fourth-order valence-electron chi connectivity index (χ4n) is 3.20. The topological polar surface area (TPSA) is 38.1 Å². The molecule has 0 atom stereocenters. The lowest BCUT2D eigenvalue weighted by molar-refractivity contribution is -0.0494. The third-order valence-electron chi connectivity index (χ3n) is 4.66. The Bertz CT molecular complexity index is 976. The van der Waals surface area contributed by atoms with Gasteiger partial charge in [0.05, 0.1) is 11.0 Å². The van der Waals surface area contributed by atoms with Crippen molar-refractivity contribution < 1.29 is 13.6 Å². The first-order valence-electron chi connectivity index (χ1n) is 8.33. The van der Waals surface area contributed by atoms with Gasteiger partial charge in [-0.15, -0.1) is 0 Å². The first kappa shape index (κ1) is 17.0. The molecule has 1 fully saturated rings. The zero-order chi connectivity index (χ0) is 18.3. The summed E-state index contributed by atoms with van der Waals surface area (Å²) in [5.74, 6) is -2.91. The van der Waals surface area contributed by atoms with Crippen LogP contribution in [0.1, 0.15) is 23.2 Å². The summed E-state index contributed by atoms with van der Waals surface area (Å²) in [5.41, 5.74) is 2.84. The van der Waals surface area contributed by atoms with E-state index in [9.17, 15) is 13.6 Å². The number of benzene rings is 2. The van der Waals surface area contributed by atoms with Crippen molar-refractivity contribution in [2.75, 3.05) is 13.1 Å². The second-order valence-electron chi connectivity index (χ2n) is 6.45. The van der Waals surface area contributed by atoms with Gasteiger partial charge in [0, 0.05) is 42.2 Å². The summed E-state index contributed by atoms with van der Waals surface area (Å²) in [4.78, 5) is 18.4. The van der Waals surface area contributed by atoms with Gasteiger partial charge in [0.15, 0.2) is 0 Å². The van der Waals surface area contributed by atoms with Gasteiger partial charge in [-0.25, -0.2) is 13.8 Å². The maximum atomic E-state index is 13.3. The van der Waals surface area contributed by atoms with E-state index in [1.807, 2.05) is 28.8 Å². The van der Waals surface area contributed by atoms with Gasteiger partial charge in [-0.05, 0) is 36.4 Å². The first-order valence-corrected chi connectivity index (χ1v) is 8.71. The zero-order valence-corrected chi connectivity index (χ0v) is 14.6. The fraction of sp³-hybridized carbons (Fsp3) is 0.263. The summed E-state index contributed by atoms with van der Waals surface area (Å²) in [6, 6.07) is 12.6. The molecule has 0 radical (unpaired) electrons. The quantitative estimate of drug-likeness (QED) is 0.659. The molecule has 0 N–H and O–H groups in total. The van der Waals surface area contributed by atoms with E-state index >= 15 is 0 Å². The molecule has 4 nitrogen and oxygen atoms in total. The van der Waals surface area contributed by atoms with Crippen molar-refractivity contribution in [1.82, 2.24) is 14.5 Å². The van der Waals surface area contributed by atoms with Crippen LogP contribution in [0.4, 0.5) is 8.78 Å². The molecule has 1 saturated heterocycles. The predicted octanol–water partition coefficient (Wildman–Crippen LogP) is 4.55. The Morgan fingerprint density at radius 2 is 1.88 bits per heavy atom. The first-order chi connectivity index (χ1) is 12.4. The predicted molar refractivity (Wildman–Crippen MR) is 96.2 cm³/mol. The van der Waals surface area contributed by atoms with Crippen LogP contribution in [-0.4, -0.2) is 39.4 Å². The van der Waals surface area contributed by atoms with Gasteiger partial charge in [0.2, 0.25) is 0 Å². The monoisotopic (exact) mass is 375 g/mol. The van der Waals surface area contributed by atoms with Gasteiger partial charge >= 0.3 is 0 Å². The normalized spacial score (nSPS) is 16.8. The van der Waals surface area contributed by atoms with Crippen LogP contribution >= 0.6 is 11.6 Å². The Hall–Kier alpha value is -2.47. The Labute approximate surface area is 154 Å². The number of hydrogen-bond donors (Lipinski definition) is 0. The van der Waals surface area contributed by atoms with E-state index < -0.39 is 5.92 Å². The lowest BCUT2D eigenvalue weighted by Gasteiger charge is -2.31. The van der Waals surface area contributed by atoms with Gasteiger partial charge in [0.1, 0.15) is 6.33 Å². The van der Waals surface area contributed by atoms with Crippen molar-refractivity contribution in [1.29, 1.82) is 0 Å². The number of alkyl halides is 2. The highest BCUT2D eigenvalue weighted by Gasteiger charge is 2.35. The van der Waals surface area contributed by atoms with E-state index in [1.165, 1.54) is 4.90 Å². The number of likely N-dealkylation sites (tertiary alicyclic amines) is 1. The molecule has 1 aliphatic rings. The van der Waals surface area contributed by atoms with E-state index in [1.54, 1.807) is 24.5 Å². The summed E-state index contributed by atoms with van der Waals surface area (Å²) < 4.78 is 28.5. The number of rotatable bonds is 2. The molecule has 2 heterocycles. The molecule has 134 valence electrons. The van der Waals surface area contributed by atoms with Crippen LogP contribution in [0, 0.1) is 0 Å². The highest BCUT2D eigenvalue weighted by Crippen LogP contribution is 2.29. The van der Waals surface area contributed by atoms with E-state index in [0.29, 0.717) is 16.1 Å². The number of fused-ring (bicyclic) bond motifs is 1. The highest BCUT2D eigenvalue weighted by atomic mass is 35.5. The van der Waals surface area contributed by atoms with Crippen LogP contribution in [0.2, 0.25) is 5.02 Å². The van der Waals surface area contributed by atoms with Crippen molar-refractivity contribution >= 4 is 28.5 Å². The van der Waals surface area contributed by atoms with E-state index in [4.69, 9.17) is 11.6 Å². The molecule has 0 unspecified atom stereocenters. The SMILES string of the molecule is O=C(c1ccc2c(c1)ncn2-c1cccc(Cl)c1)N1CCC(F)(F)CC1. The molecule has 4 rings (SSSR count). The highest BCUT2D eigenvalue weighted by molar-refractivity contribution is 6.30. The van der Waals surface area contributed by atoms with Crippen LogP contribution in [0.25, 0.3) is 16.7 Å². The maximum absolute atomic E-state index is 13.3. The minimum Gasteiger partial charge on any atom is -0.338 e. The molecule has 1 aliphatic heterocycles. The van der Waals surface area contributed by atoms with E-state index in [-0.39, 0.29) is 31.8 Å². The number of aromatic nitrogens is 2. The Kier molecular flexibility index (Phi) is 4.15. The Morgan fingerprint density at radius 3 is 2.62 bits per heavy atom. The smallest absolute Gasteiger partial charge is 0.253 e. The summed E-state index contributed by atoms with van der Waals surface area (Å²) in [6.45, 7) is 0.141. The van der Waals surface area contributed by atoms with Crippen molar-refractivity contribution in [3.8, 4) is 5.69 Å². The third kappa shape index (κ3) is 3.17. The van der Waals surface area contributed by atoms with Crippen LogP contribution in [0.5, 0.6) is 0 Å². The zero-order valence-electron chi connectivity index (χ0n) is 13.8. The number of carbonyl (C=O) groups excluding carboxylic acids is 1. The summed E-state index contributed by atoms with van der Waals surface area (Å²) >= 11 is 6.05. The van der Waals surface area contributed by atoms with Crippen molar-refractivity contribution in [2.45, 2.75) is 18.8 Å². The molecule has 0 saturated carbocycles. The minimum absolute atomic E-state index is 0.0703. The minimum atomic E-state index is -2.67. The standard InChI is InChI=1S/C19H16ClF2N3O/c20-14-2-1-3-15(11-14)25-12-23-16-10-13(4-5-17(16)25)18(26)24-8-6-19(21,22)7-9-24/h1-5,10-12H,6-9H2. The van der Waals surface area contributed by atoms with E-state index in [2.05, 4.69) is 4.98 Å². The largest absolute Gasteiger partial charge is 0.338 e. The molecule has 0 aliphatic carbocycles. The van der Waals surface area contributed by atoms with Gasteiger partial charge in [-0.3, -0.25) is 9.36 Å². The number of imidazole rings is 1. The Balaban J connectivity index is 1.62. The molecule has 1 amide bonds. The third-order valence-corrected chi connectivity index (χ3v) is 4.90. The molecular formula is C19H16ClF2N3O. The van der Waals surface area contributed by atoms with Gasteiger partial charge in [-0.2, -0.15) is 0 Å². The number of halogens is 3. The van der Waals surface area contributed by atoms with Crippen LogP contribution < -0.4 is 0 Å². The number of carbonyl (C=O) groups is 1. The molecule has 3 aromatic rings. The fourth-order valence-corrected chi connectivity index (χ4v) is 3.38. The summed E-state index contributed by atoms with van der Waals surface area (Å²) in [5, 5.41) is 0.623. The Morgan fingerprint density at radius 1 is 1.12 bits per heavy atom. The molecule has 2 aromatic carbocycles. The summed E-state index contributed by atoms with van der Waals surface area (Å²) in [6.07, 6.45) is 1.10. The molecule has 7 heteroatoms. The second-order valence-corrected chi connectivity index (χ2v) is 6.88.